The molecular weight excluding hydrogens is 416 g/mol. The van der Waals surface area contributed by atoms with Crippen LogP contribution in [-0.4, -0.2) is 14.5 Å². The lowest BCUT2D eigenvalue weighted by molar-refractivity contribution is 0.639. The van der Waals surface area contributed by atoms with E-state index in [-0.39, 0.29) is 12.1 Å². The molecule has 5 aromatic rings. The largest absolute Gasteiger partial charge is 0.363 e. The van der Waals surface area contributed by atoms with Gasteiger partial charge in [-0.3, -0.25) is 0 Å². The molecule has 0 aliphatic heterocycles. The fourth-order valence-electron chi connectivity index (χ4n) is 4.69. The highest BCUT2D eigenvalue weighted by atomic mass is 15.1. The van der Waals surface area contributed by atoms with Gasteiger partial charge in [-0.25, -0.2) is 9.97 Å². The first kappa shape index (κ1) is 21.9. The quantitative estimate of drug-likeness (QED) is 0.294. The number of hydrogen-bond donors (Lipinski definition) is 1. The van der Waals surface area contributed by atoms with Crippen molar-refractivity contribution in [2.45, 2.75) is 39.8 Å². The molecule has 2 aromatic heterocycles. The van der Waals surface area contributed by atoms with Crippen molar-refractivity contribution in [1.29, 1.82) is 0 Å². The number of anilines is 1. The van der Waals surface area contributed by atoms with Crippen molar-refractivity contribution in [3.8, 4) is 11.4 Å². The van der Waals surface area contributed by atoms with Gasteiger partial charge in [0.1, 0.15) is 11.5 Å². The van der Waals surface area contributed by atoms with Gasteiger partial charge in [0, 0.05) is 17.3 Å². The third kappa shape index (κ3) is 3.96. The average molecular weight is 447 g/mol. The lowest BCUT2D eigenvalue weighted by atomic mass is 10.1. The molecule has 2 atom stereocenters. The summed E-state index contributed by atoms with van der Waals surface area (Å²) < 4.78 is 2.35. The van der Waals surface area contributed by atoms with Crippen LogP contribution in [0.2, 0.25) is 0 Å². The van der Waals surface area contributed by atoms with Crippen LogP contribution in [0.3, 0.4) is 0 Å². The van der Waals surface area contributed by atoms with Gasteiger partial charge in [-0.05, 0) is 44.4 Å². The molecule has 0 radical (unpaired) electrons. The van der Waals surface area contributed by atoms with E-state index < -0.39 is 0 Å². The molecule has 2 heterocycles. The Balaban J connectivity index is 1.72. The molecule has 0 amide bonds. The molecule has 34 heavy (non-hydrogen) atoms. The predicted octanol–water partition coefficient (Wildman–Crippen LogP) is 7.50. The Labute approximate surface area is 201 Å². The summed E-state index contributed by atoms with van der Waals surface area (Å²) in [5, 5.41) is 4.79. The molecule has 0 saturated heterocycles. The van der Waals surface area contributed by atoms with Crippen LogP contribution in [0.15, 0.2) is 91.0 Å². The topological polar surface area (TPSA) is 42.7 Å². The Hall–Kier alpha value is -3.92. The highest BCUT2D eigenvalue weighted by Crippen LogP contribution is 2.36. The van der Waals surface area contributed by atoms with E-state index in [1.165, 1.54) is 22.4 Å². The minimum atomic E-state index is 0.109. The first-order chi connectivity index (χ1) is 16.5. The number of nitrogens with zero attached hydrogens (tertiary/aromatic N) is 3. The van der Waals surface area contributed by atoms with Gasteiger partial charge in [0.2, 0.25) is 0 Å². The van der Waals surface area contributed by atoms with Gasteiger partial charge in [-0.2, -0.15) is 0 Å². The van der Waals surface area contributed by atoms with Crippen LogP contribution in [0, 0.1) is 13.8 Å². The normalized spacial score (nSPS) is 13.1. The van der Waals surface area contributed by atoms with Gasteiger partial charge in [0.25, 0.3) is 0 Å². The van der Waals surface area contributed by atoms with E-state index >= 15 is 0 Å². The Morgan fingerprint density at radius 2 is 1.26 bits per heavy atom. The number of aromatic nitrogens is 3. The second-order valence-corrected chi connectivity index (χ2v) is 8.90. The van der Waals surface area contributed by atoms with Gasteiger partial charge in [0.15, 0.2) is 5.82 Å². The van der Waals surface area contributed by atoms with Crippen molar-refractivity contribution < 1.29 is 0 Å². The Bertz CT molecular complexity index is 1410. The molecule has 0 fully saturated rings. The molecule has 4 nitrogen and oxygen atoms in total. The number of rotatable bonds is 6. The molecule has 170 valence electrons. The Morgan fingerprint density at radius 3 is 1.88 bits per heavy atom. The molecular formula is C30H30N4. The summed E-state index contributed by atoms with van der Waals surface area (Å²) in [7, 11) is 0. The SMILES string of the molecule is Cc1c(C)n([C@H](C)c2ccccc2)c2nc(-c3ccccc3)nc(N[C@@H](C)c3ccccc3)c12. The van der Waals surface area contributed by atoms with Crippen LogP contribution in [0.1, 0.15) is 48.3 Å². The summed E-state index contributed by atoms with van der Waals surface area (Å²) in [4.78, 5) is 10.2. The van der Waals surface area contributed by atoms with Crippen LogP contribution in [-0.2, 0) is 0 Å². The first-order valence-electron chi connectivity index (χ1n) is 11.9. The van der Waals surface area contributed by atoms with Crippen molar-refractivity contribution in [1.82, 2.24) is 14.5 Å². The van der Waals surface area contributed by atoms with Gasteiger partial charge in [0.05, 0.1) is 11.4 Å². The zero-order chi connectivity index (χ0) is 23.7. The number of fused-ring (bicyclic) bond motifs is 1. The maximum absolute atomic E-state index is 5.13. The Kier molecular flexibility index (Phi) is 5.89. The standard InChI is InChI=1S/C30H30N4/c1-20-22(3)34(23(4)25-16-10-6-11-17-25)30-27(20)29(31-21(2)24-14-8-5-9-15-24)32-28(33-30)26-18-12-7-13-19-26/h5-19,21,23H,1-4H3,(H,31,32,33)/t21-,23+/m0/s1. The molecule has 0 unspecified atom stereocenters. The zero-order valence-corrected chi connectivity index (χ0v) is 20.2. The van der Waals surface area contributed by atoms with Crippen LogP contribution in [0.25, 0.3) is 22.4 Å². The van der Waals surface area contributed by atoms with E-state index in [9.17, 15) is 0 Å². The van der Waals surface area contributed by atoms with Gasteiger partial charge >= 0.3 is 0 Å². The maximum Gasteiger partial charge on any atom is 0.163 e. The van der Waals surface area contributed by atoms with E-state index in [4.69, 9.17) is 9.97 Å². The van der Waals surface area contributed by atoms with Crippen molar-refractivity contribution in [3.63, 3.8) is 0 Å². The van der Waals surface area contributed by atoms with Crippen LogP contribution >= 0.6 is 0 Å². The van der Waals surface area contributed by atoms with E-state index in [1.54, 1.807) is 0 Å². The predicted molar refractivity (Wildman–Crippen MR) is 141 cm³/mol. The van der Waals surface area contributed by atoms with Crippen molar-refractivity contribution in [2.24, 2.45) is 0 Å². The molecule has 0 aliphatic rings. The highest BCUT2D eigenvalue weighted by molar-refractivity contribution is 5.93. The van der Waals surface area contributed by atoms with E-state index in [2.05, 4.69) is 104 Å². The van der Waals surface area contributed by atoms with Crippen molar-refractivity contribution in [2.75, 3.05) is 5.32 Å². The zero-order valence-electron chi connectivity index (χ0n) is 20.2. The van der Waals surface area contributed by atoms with Gasteiger partial charge in [-0.15, -0.1) is 0 Å². The molecule has 5 rings (SSSR count). The fourth-order valence-corrected chi connectivity index (χ4v) is 4.69. The molecule has 1 N–H and O–H groups in total. The second-order valence-electron chi connectivity index (χ2n) is 8.90. The Morgan fingerprint density at radius 1 is 0.706 bits per heavy atom. The summed E-state index contributed by atoms with van der Waals surface area (Å²) in [5.41, 5.74) is 6.87. The molecule has 4 heteroatoms. The first-order valence-corrected chi connectivity index (χ1v) is 11.9. The number of nitrogens with one attached hydrogen (secondary N) is 1. The lowest BCUT2D eigenvalue weighted by Gasteiger charge is -2.19. The van der Waals surface area contributed by atoms with E-state index in [0.29, 0.717) is 0 Å². The van der Waals surface area contributed by atoms with Gasteiger partial charge in [-0.1, -0.05) is 91.0 Å². The van der Waals surface area contributed by atoms with E-state index in [0.717, 1.165) is 28.2 Å². The smallest absolute Gasteiger partial charge is 0.163 e. The van der Waals surface area contributed by atoms with E-state index in [1.807, 2.05) is 24.3 Å². The monoisotopic (exact) mass is 446 g/mol. The van der Waals surface area contributed by atoms with Crippen LogP contribution < -0.4 is 5.32 Å². The second kappa shape index (κ2) is 9.14. The summed E-state index contributed by atoms with van der Waals surface area (Å²) in [6, 6.07) is 31.6. The maximum atomic E-state index is 5.13. The van der Waals surface area contributed by atoms with Crippen LogP contribution in [0.4, 0.5) is 5.82 Å². The molecule has 0 spiro atoms. The van der Waals surface area contributed by atoms with Crippen LogP contribution in [0.5, 0.6) is 0 Å². The summed E-state index contributed by atoms with van der Waals surface area (Å²) in [5.74, 6) is 1.61. The number of aryl methyl sites for hydroxylation is 1. The number of benzene rings is 3. The highest BCUT2D eigenvalue weighted by Gasteiger charge is 2.23. The third-order valence-electron chi connectivity index (χ3n) is 6.75. The average Bonchev–Trinajstić information content (AvgIpc) is 3.15. The summed E-state index contributed by atoms with van der Waals surface area (Å²) >= 11 is 0. The molecule has 0 saturated carbocycles. The lowest BCUT2D eigenvalue weighted by Crippen LogP contribution is -2.11. The van der Waals surface area contributed by atoms with Crippen molar-refractivity contribution >= 4 is 16.9 Å². The third-order valence-corrected chi connectivity index (χ3v) is 6.75. The molecule has 0 aliphatic carbocycles. The number of hydrogen-bond acceptors (Lipinski definition) is 3. The van der Waals surface area contributed by atoms with Gasteiger partial charge < -0.3 is 9.88 Å². The molecule has 3 aromatic carbocycles. The minimum Gasteiger partial charge on any atom is -0.363 e. The minimum absolute atomic E-state index is 0.109. The fraction of sp³-hybridized carbons (Fsp3) is 0.200. The summed E-state index contributed by atoms with van der Waals surface area (Å²) in [6.07, 6.45) is 0. The molecule has 0 bridgehead atoms. The summed E-state index contributed by atoms with van der Waals surface area (Å²) in [6.45, 7) is 8.78. The van der Waals surface area contributed by atoms with Crippen molar-refractivity contribution in [3.05, 3.63) is 113 Å².